The molecule has 0 N–H and O–H groups in total. The highest BCUT2D eigenvalue weighted by atomic mass is 19.4. The van der Waals surface area contributed by atoms with Crippen LogP contribution in [0.25, 0.3) is 0 Å². The molecule has 0 aromatic heterocycles. The summed E-state index contributed by atoms with van der Waals surface area (Å²) in [7, 11) is 0. The van der Waals surface area contributed by atoms with Crippen LogP contribution in [0, 0.1) is 0 Å². The first-order valence-electron chi connectivity index (χ1n) is 4.73. The van der Waals surface area contributed by atoms with Gasteiger partial charge in [0.25, 0.3) is 0 Å². The van der Waals surface area contributed by atoms with Crippen molar-refractivity contribution < 1.29 is 17.6 Å². The summed E-state index contributed by atoms with van der Waals surface area (Å²) in [5, 5.41) is 0. The van der Waals surface area contributed by atoms with Gasteiger partial charge in [0.2, 0.25) is 0 Å². The molecule has 1 heterocycles. The Morgan fingerprint density at radius 2 is 1.67 bits per heavy atom. The van der Waals surface area contributed by atoms with Gasteiger partial charge >= 0.3 is 6.18 Å². The molecule has 0 bridgehead atoms. The van der Waals surface area contributed by atoms with Gasteiger partial charge in [-0.3, -0.25) is 4.90 Å². The van der Waals surface area contributed by atoms with Gasteiger partial charge in [-0.1, -0.05) is 18.7 Å². The van der Waals surface area contributed by atoms with E-state index in [2.05, 4.69) is 6.58 Å². The molecule has 0 spiro atoms. The van der Waals surface area contributed by atoms with E-state index in [1.54, 1.807) is 0 Å². The predicted molar refractivity (Wildman–Crippen MR) is 50.0 cm³/mol. The molecular weight excluding hydrogens is 210 g/mol. The topological polar surface area (TPSA) is 3.24 Å². The van der Waals surface area contributed by atoms with Crippen LogP contribution in [0.5, 0.6) is 0 Å². The van der Waals surface area contributed by atoms with Crippen molar-refractivity contribution in [2.75, 3.05) is 13.1 Å². The Labute approximate surface area is 86.1 Å². The summed E-state index contributed by atoms with van der Waals surface area (Å²) in [6.45, 7) is 3.20. The highest BCUT2D eigenvalue weighted by molar-refractivity contribution is 5.03. The van der Waals surface area contributed by atoms with Crippen molar-refractivity contribution in [2.45, 2.75) is 25.1 Å². The zero-order valence-electron chi connectivity index (χ0n) is 8.23. The SMILES string of the molecule is C=C(F)C(N1CCC=CCC1)C(F)(F)F. The number of halogens is 4. The van der Waals surface area contributed by atoms with Crippen molar-refractivity contribution in [1.82, 2.24) is 4.90 Å². The maximum absolute atomic E-state index is 12.8. The molecule has 0 saturated heterocycles. The fourth-order valence-electron chi connectivity index (χ4n) is 1.67. The Morgan fingerprint density at radius 3 is 2.00 bits per heavy atom. The highest BCUT2D eigenvalue weighted by Gasteiger charge is 2.45. The second-order valence-corrected chi connectivity index (χ2v) is 3.48. The Kier molecular flexibility index (Phi) is 3.90. The van der Waals surface area contributed by atoms with Crippen LogP contribution in [0.1, 0.15) is 12.8 Å². The molecule has 0 aliphatic carbocycles. The summed E-state index contributed by atoms with van der Waals surface area (Å²) in [5.74, 6) is -1.33. The molecule has 1 nitrogen and oxygen atoms in total. The second kappa shape index (κ2) is 4.79. The molecule has 0 amide bonds. The molecule has 1 rings (SSSR count). The van der Waals surface area contributed by atoms with Crippen LogP contribution in [-0.2, 0) is 0 Å². The Balaban J connectivity index is 2.76. The second-order valence-electron chi connectivity index (χ2n) is 3.48. The molecular formula is C10H13F4N. The van der Waals surface area contributed by atoms with Crippen molar-refractivity contribution in [2.24, 2.45) is 0 Å². The average Bonchev–Trinajstić information content (AvgIpc) is 2.29. The first-order valence-corrected chi connectivity index (χ1v) is 4.73. The number of hydrogen-bond donors (Lipinski definition) is 0. The van der Waals surface area contributed by atoms with Crippen molar-refractivity contribution in [3.63, 3.8) is 0 Å². The predicted octanol–water partition coefficient (Wildman–Crippen LogP) is 3.05. The van der Waals surface area contributed by atoms with Gasteiger partial charge < -0.3 is 0 Å². The molecule has 0 aromatic rings. The molecule has 15 heavy (non-hydrogen) atoms. The molecule has 1 atom stereocenters. The van der Waals surface area contributed by atoms with Crippen LogP contribution in [0.2, 0.25) is 0 Å². The lowest BCUT2D eigenvalue weighted by Crippen LogP contribution is -2.46. The standard InChI is InChI=1S/C10H13F4N/c1-8(11)9(10(12,13)14)15-6-4-2-3-5-7-15/h2-3,9H,1,4-7H2. The average molecular weight is 223 g/mol. The molecule has 86 valence electrons. The van der Waals surface area contributed by atoms with E-state index in [0.29, 0.717) is 12.8 Å². The molecule has 0 fully saturated rings. The first kappa shape index (κ1) is 12.2. The molecule has 1 unspecified atom stereocenters. The normalized spacial score (nSPS) is 21.1. The highest BCUT2D eigenvalue weighted by Crippen LogP contribution is 2.30. The molecule has 0 saturated carbocycles. The lowest BCUT2D eigenvalue weighted by Gasteiger charge is -2.30. The minimum atomic E-state index is -4.59. The molecule has 1 aliphatic rings. The van der Waals surface area contributed by atoms with Crippen LogP contribution in [0.3, 0.4) is 0 Å². The fourth-order valence-corrected chi connectivity index (χ4v) is 1.67. The van der Waals surface area contributed by atoms with E-state index in [0.717, 1.165) is 4.90 Å². The van der Waals surface area contributed by atoms with E-state index in [1.165, 1.54) is 0 Å². The Morgan fingerprint density at radius 1 is 1.20 bits per heavy atom. The molecule has 0 radical (unpaired) electrons. The lowest BCUT2D eigenvalue weighted by atomic mass is 10.2. The van der Waals surface area contributed by atoms with E-state index in [9.17, 15) is 17.6 Å². The minimum Gasteiger partial charge on any atom is -0.286 e. The van der Waals surface area contributed by atoms with Gasteiger partial charge in [-0.2, -0.15) is 13.2 Å². The van der Waals surface area contributed by atoms with Gasteiger partial charge in [0.15, 0.2) is 6.04 Å². The summed E-state index contributed by atoms with van der Waals surface area (Å²) < 4.78 is 50.4. The maximum atomic E-state index is 12.8. The first-order chi connectivity index (χ1) is 6.93. The van der Waals surface area contributed by atoms with Gasteiger partial charge in [-0.15, -0.1) is 0 Å². The smallest absolute Gasteiger partial charge is 0.286 e. The third-order valence-corrected chi connectivity index (χ3v) is 2.30. The number of nitrogens with zero attached hydrogens (tertiary/aromatic N) is 1. The minimum absolute atomic E-state index is 0.212. The largest absolute Gasteiger partial charge is 0.410 e. The maximum Gasteiger partial charge on any atom is 0.410 e. The van der Waals surface area contributed by atoms with E-state index >= 15 is 0 Å². The lowest BCUT2D eigenvalue weighted by molar-refractivity contribution is -0.176. The Hall–Kier alpha value is -0.840. The van der Waals surface area contributed by atoms with Gasteiger partial charge in [0, 0.05) is 13.1 Å². The van der Waals surface area contributed by atoms with Crippen molar-refractivity contribution >= 4 is 0 Å². The number of alkyl halides is 3. The summed E-state index contributed by atoms with van der Waals surface area (Å²) >= 11 is 0. The van der Waals surface area contributed by atoms with Crippen molar-refractivity contribution in [3.05, 3.63) is 24.6 Å². The molecule has 0 aromatic carbocycles. The summed E-state index contributed by atoms with van der Waals surface area (Å²) in [6, 6.07) is -2.16. The van der Waals surface area contributed by atoms with Crippen molar-refractivity contribution in [3.8, 4) is 0 Å². The number of hydrogen-bond acceptors (Lipinski definition) is 1. The van der Waals surface area contributed by atoms with Crippen molar-refractivity contribution in [1.29, 1.82) is 0 Å². The zero-order valence-corrected chi connectivity index (χ0v) is 8.23. The Bertz CT molecular complexity index is 247. The van der Waals surface area contributed by atoms with E-state index < -0.39 is 18.0 Å². The fraction of sp³-hybridized carbons (Fsp3) is 0.600. The van der Waals surface area contributed by atoms with E-state index in [4.69, 9.17) is 0 Å². The van der Waals surface area contributed by atoms with Gasteiger partial charge in [0.1, 0.15) is 5.83 Å². The monoisotopic (exact) mass is 223 g/mol. The van der Waals surface area contributed by atoms with Crippen LogP contribution >= 0.6 is 0 Å². The van der Waals surface area contributed by atoms with Crippen LogP contribution in [0.15, 0.2) is 24.6 Å². The van der Waals surface area contributed by atoms with E-state index in [-0.39, 0.29) is 13.1 Å². The number of rotatable bonds is 2. The van der Waals surface area contributed by atoms with Crippen LogP contribution < -0.4 is 0 Å². The van der Waals surface area contributed by atoms with Gasteiger partial charge in [-0.25, -0.2) is 4.39 Å². The van der Waals surface area contributed by atoms with Crippen LogP contribution in [0.4, 0.5) is 17.6 Å². The van der Waals surface area contributed by atoms with Gasteiger partial charge in [-0.05, 0) is 12.8 Å². The third kappa shape index (κ3) is 3.34. The van der Waals surface area contributed by atoms with Crippen LogP contribution in [-0.4, -0.2) is 30.2 Å². The van der Waals surface area contributed by atoms with Gasteiger partial charge in [0.05, 0.1) is 0 Å². The summed E-state index contributed by atoms with van der Waals surface area (Å²) in [6.07, 6.45) is 0.0682. The molecule has 5 heteroatoms. The summed E-state index contributed by atoms with van der Waals surface area (Å²) in [4.78, 5) is 1.09. The summed E-state index contributed by atoms with van der Waals surface area (Å²) in [5.41, 5.74) is 0. The quantitative estimate of drug-likeness (QED) is 0.513. The molecule has 1 aliphatic heterocycles. The van der Waals surface area contributed by atoms with E-state index in [1.807, 2.05) is 12.2 Å². The third-order valence-electron chi connectivity index (χ3n) is 2.30. The zero-order chi connectivity index (χ0) is 11.5.